The van der Waals surface area contributed by atoms with E-state index in [9.17, 15) is 9.18 Å². The van der Waals surface area contributed by atoms with E-state index in [2.05, 4.69) is 0 Å². The molecule has 1 aromatic heterocycles. The molecule has 0 saturated heterocycles. The standard InChI is InChI=1S/C28H27ClFN3O3/c1-3-26-24(19-32(17-18-35-2)27(34)23-11-7-8-12-25(23)29)28(36-22-9-5-4-6-10-22)33(31-26)21-15-13-20(30)14-16-21/h4-16H,3,17-19H2,1-2H3. The Morgan fingerprint density at radius 1 is 1.03 bits per heavy atom. The Morgan fingerprint density at radius 2 is 1.72 bits per heavy atom. The molecule has 3 aromatic carbocycles. The third-order valence-corrected chi connectivity index (χ3v) is 6.02. The highest BCUT2D eigenvalue weighted by atomic mass is 35.5. The molecule has 0 aliphatic rings. The molecule has 36 heavy (non-hydrogen) atoms. The van der Waals surface area contributed by atoms with Gasteiger partial charge in [-0.1, -0.05) is 48.9 Å². The number of hydrogen-bond donors (Lipinski definition) is 0. The van der Waals surface area contributed by atoms with Gasteiger partial charge in [-0.05, 0) is 55.0 Å². The number of nitrogens with zero attached hydrogens (tertiary/aromatic N) is 3. The highest BCUT2D eigenvalue weighted by Crippen LogP contribution is 2.33. The number of carbonyl (C=O) groups is 1. The molecule has 0 N–H and O–H groups in total. The van der Waals surface area contributed by atoms with E-state index in [0.29, 0.717) is 47.5 Å². The van der Waals surface area contributed by atoms with E-state index in [1.807, 2.05) is 37.3 Å². The van der Waals surface area contributed by atoms with Crippen molar-refractivity contribution in [2.24, 2.45) is 0 Å². The first kappa shape index (κ1) is 25.4. The monoisotopic (exact) mass is 507 g/mol. The Kier molecular flexibility index (Phi) is 8.36. The van der Waals surface area contributed by atoms with Gasteiger partial charge in [0.15, 0.2) is 0 Å². The fourth-order valence-electron chi connectivity index (χ4n) is 3.83. The van der Waals surface area contributed by atoms with Crippen LogP contribution in [0.1, 0.15) is 28.5 Å². The van der Waals surface area contributed by atoms with Crippen LogP contribution in [0.3, 0.4) is 0 Å². The van der Waals surface area contributed by atoms with Gasteiger partial charge < -0.3 is 14.4 Å². The molecule has 0 aliphatic carbocycles. The lowest BCUT2D eigenvalue weighted by molar-refractivity contribution is 0.0679. The second-order valence-electron chi connectivity index (χ2n) is 8.09. The van der Waals surface area contributed by atoms with E-state index < -0.39 is 0 Å². The smallest absolute Gasteiger partial charge is 0.255 e. The molecule has 6 nitrogen and oxygen atoms in total. The van der Waals surface area contributed by atoms with Crippen molar-refractivity contribution in [3.05, 3.63) is 107 Å². The average Bonchev–Trinajstić information content (AvgIpc) is 3.24. The van der Waals surface area contributed by atoms with Gasteiger partial charge in [-0.15, -0.1) is 0 Å². The SMILES string of the molecule is CCc1nn(-c2ccc(F)cc2)c(Oc2ccccc2)c1CN(CCOC)C(=O)c1ccccc1Cl. The van der Waals surface area contributed by atoms with Crippen molar-refractivity contribution in [3.63, 3.8) is 0 Å². The number of aryl methyl sites for hydroxylation is 1. The van der Waals surface area contributed by atoms with Gasteiger partial charge in [0.05, 0.1) is 40.7 Å². The Bertz CT molecular complexity index is 1310. The predicted molar refractivity (Wildman–Crippen MR) is 137 cm³/mol. The molecule has 0 radical (unpaired) electrons. The van der Waals surface area contributed by atoms with Crippen LogP contribution in [0.5, 0.6) is 11.6 Å². The number of amides is 1. The number of para-hydroxylation sites is 1. The quantitative estimate of drug-likeness (QED) is 0.252. The highest BCUT2D eigenvalue weighted by Gasteiger charge is 2.26. The van der Waals surface area contributed by atoms with E-state index in [-0.39, 0.29) is 18.3 Å². The maximum Gasteiger partial charge on any atom is 0.255 e. The first-order valence-electron chi connectivity index (χ1n) is 11.6. The van der Waals surface area contributed by atoms with Crippen LogP contribution in [-0.2, 0) is 17.7 Å². The fourth-order valence-corrected chi connectivity index (χ4v) is 4.05. The van der Waals surface area contributed by atoms with Gasteiger partial charge in [-0.25, -0.2) is 9.07 Å². The van der Waals surface area contributed by atoms with Gasteiger partial charge in [0, 0.05) is 13.7 Å². The predicted octanol–water partition coefficient (Wildman–Crippen LogP) is 6.31. The summed E-state index contributed by atoms with van der Waals surface area (Å²) < 4.78 is 26.9. The largest absolute Gasteiger partial charge is 0.439 e. The minimum Gasteiger partial charge on any atom is -0.439 e. The number of methoxy groups -OCH3 is 1. The molecule has 4 rings (SSSR count). The summed E-state index contributed by atoms with van der Waals surface area (Å²) in [5, 5.41) is 5.16. The summed E-state index contributed by atoms with van der Waals surface area (Å²) in [6.07, 6.45) is 0.604. The zero-order valence-corrected chi connectivity index (χ0v) is 20.9. The number of carbonyl (C=O) groups excluding carboxylic acids is 1. The van der Waals surface area contributed by atoms with Gasteiger partial charge in [0.1, 0.15) is 11.6 Å². The van der Waals surface area contributed by atoms with Gasteiger partial charge in [0.2, 0.25) is 5.88 Å². The molecule has 0 bridgehead atoms. The van der Waals surface area contributed by atoms with Crippen LogP contribution >= 0.6 is 11.6 Å². The second-order valence-corrected chi connectivity index (χ2v) is 8.49. The van der Waals surface area contributed by atoms with Crippen LogP contribution in [-0.4, -0.2) is 40.8 Å². The van der Waals surface area contributed by atoms with Gasteiger partial charge in [0.25, 0.3) is 5.91 Å². The lowest BCUT2D eigenvalue weighted by atomic mass is 10.1. The molecule has 1 amide bonds. The number of rotatable bonds is 10. The highest BCUT2D eigenvalue weighted by molar-refractivity contribution is 6.33. The Hall–Kier alpha value is -3.68. The van der Waals surface area contributed by atoms with Crippen LogP contribution in [0.15, 0.2) is 78.9 Å². The van der Waals surface area contributed by atoms with Crippen LogP contribution in [0, 0.1) is 5.82 Å². The lowest BCUT2D eigenvalue weighted by Gasteiger charge is -2.24. The van der Waals surface area contributed by atoms with Crippen molar-refractivity contribution in [2.45, 2.75) is 19.9 Å². The molecule has 0 atom stereocenters. The van der Waals surface area contributed by atoms with E-state index in [4.69, 9.17) is 26.2 Å². The average molecular weight is 508 g/mol. The molecule has 0 saturated carbocycles. The zero-order chi connectivity index (χ0) is 25.5. The summed E-state index contributed by atoms with van der Waals surface area (Å²) in [5.41, 5.74) is 2.57. The summed E-state index contributed by atoms with van der Waals surface area (Å²) in [6.45, 7) is 2.90. The van der Waals surface area contributed by atoms with Crippen molar-refractivity contribution in [1.29, 1.82) is 0 Å². The molecule has 4 aromatic rings. The first-order chi connectivity index (χ1) is 17.5. The molecule has 1 heterocycles. The van der Waals surface area contributed by atoms with E-state index in [1.165, 1.54) is 12.1 Å². The minimum atomic E-state index is -0.344. The van der Waals surface area contributed by atoms with Crippen molar-refractivity contribution in [1.82, 2.24) is 14.7 Å². The maximum atomic E-state index is 13.6. The Morgan fingerprint density at radius 3 is 2.39 bits per heavy atom. The minimum absolute atomic E-state index is 0.222. The van der Waals surface area contributed by atoms with E-state index in [1.54, 1.807) is 53.1 Å². The fraction of sp³-hybridized carbons (Fsp3) is 0.214. The van der Waals surface area contributed by atoms with Gasteiger partial charge >= 0.3 is 0 Å². The maximum absolute atomic E-state index is 13.6. The lowest BCUT2D eigenvalue weighted by Crippen LogP contribution is -2.34. The molecule has 0 unspecified atom stereocenters. The third kappa shape index (κ3) is 5.75. The van der Waals surface area contributed by atoms with Crippen LogP contribution in [0.2, 0.25) is 5.02 Å². The number of aromatic nitrogens is 2. The van der Waals surface area contributed by atoms with Crippen LogP contribution < -0.4 is 4.74 Å². The molecular formula is C28H27ClFN3O3. The summed E-state index contributed by atoms with van der Waals surface area (Å²) >= 11 is 6.34. The van der Waals surface area contributed by atoms with Crippen molar-refractivity contribution < 1.29 is 18.7 Å². The molecule has 0 fully saturated rings. The van der Waals surface area contributed by atoms with Crippen molar-refractivity contribution >= 4 is 17.5 Å². The van der Waals surface area contributed by atoms with Crippen molar-refractivity contribution in [2.75, 3.05) is 20.3 Å². The van der Waals surface area contributed by atoms with E-state index in [0.717, 1.165) is 11.3 Å². The molecular weight excluding hydrogens is 481 g/mol. The van der Waals surface area contributed by atoms with Crippen LogP contribution in [0.25, 0.3) is 5.69 Å². The molecule has 0 spiro atoms. The topological polar surface area (TPSA) is 56.6 Å². The zero-order valence-electron chi connectivity index (χ0n) is 20.2. The summed E-state index contributed by atoms with van der Waals surface area (Å²) in [7, 11) is 1.59. The van der Waals surface area contributed by atoms with Crippen molar-refractivity contribution in [3.8, 4) is 17.3 Å². The number of ether oxygens (including phenoxy) is 2. The summed E-state index contributed by atoms with van der Waals surface area (Å²) in [5.74, 6) is 0.507. The summed E-state index contributed by atoms with van der Waals surface area (Å²) in [4.78, 5) is 15.2. The molecule has 186 valence electrons. The molecule has 0 aliphatic heterocycles. The Balaban J connectivity index is 1.80. The molecule has 8 heteroatoms. The van der Waals surface area contributed by atoms with E-state index >= 15 is 0 Å². The van der Waals surface area contributed by atoms with Gasteiger partial charge in [-0.3, -0.25) is 4.79 Å². The normalized spacial score (nSPS) is 10.9. The summed E-state index contributed by atoms with van der Waals surface area (Å²) in [6, 6.07) is 22.3. The number of benzene rings is 3. The number of halogens is 2. The second kappa shape index (κ2) is 11.8. The van der Waals surface area contributed by atoms with Crippen LogP contribution in [0.4, 0.5) is 4.39 Å². The van der Waals surface area contributed by atoms with Gasteiger partial charge in [-0.2, -0.15) is 5.10 Å². The number of hydrogen-bond acceptors (Lipinski definition) is 4. The third-order valence-electron chi connectivity index (χ3n) is 5.69. The first-order valence-corrected chi connectivity index (χ1v) is 12.0. The Labute approximate surface area is 214 Å².